The fourth-order valence-electron chi connectivity index (χ4n) is 1.37. The molecule has 0 aromatic heterocycles. The maximum atomic E-state index is 10.7. The molecule has 2 rings (SSSR count). The van der Waals surface area contributed by atoms with Gasteiger partial charge in [0.05, 0.1) is 6.04 Å². The van der Waals surface area contributed by atoms with Crippen LogP contribution in [0.15, 0.2) is 18.2 Å². The van der Waals surface area contributed by atoms with E-state index in [1.54, 1.807) is 0 Å². The molecule has 5 heteroatoms. The smallest absolute Gasteiger partial charge is 0.407 e. The number of rotatable bonds is 1. The van der Waals surface area contributed by atoms with Gasteiger partial charge in [0, 0.05) is 5.56 Å². The Bertz CT molecular complexity index is 377. The average Bonchev–Trinajstić information content (AvgIpc) is 2.56. The highest BCUT2D eigenvalue weighted by Gasteiger charge is 2.26. The zero-order valence-corrected chi connectivity index (χ0v) is 7.23. The van der Waals surface area contributed by atoms with Crippen molar-refractivity contribution in [3.05, 3.63) is 23.8 Å². The molecular weight excluding hydrogens is 186 g/mol. The first kappa shape index (κ1) is 8.68. The summed E-state index contributed by atoms with van der Waals surface area (Å²) < 4.78 is 4.67. The molecule has 1 fully saturated rings. The normalized spacial score (nSPS) is 20.3. The Kier molecular flexibility index (Phi) is 1.92. The number of carbonyl (C=O) groups is 1. The van der Waals surface area contributed by atoms with E-state index in [4.69, 9.17) is 0 Å². The van der Waals surface area contributed by atoms with E-state index in [0.717, 1.165) is 0 Å². The highest BCUT2D eigenvalue weighted by molar-refractivity contribution is 5.70. The number of carbonyl (C=O) groups excluding carboxylic acids is 1. The lowest BCUT2D eigenvalue weighted by atomic mass is 10.1. The molecule has 1 aromatic carbocycles. The Morgan fingerprint density at radius 2 is 2.21 bits per heavy atom. The Morgan fingerprint density at radius 3 is 2.86 bits per heavy atom. The highest BCUT2D eigenvalue weighted by atomic mass is 16.6. The zero-order chi connectivity index (χ0) is 10.1. The van der Waals surface area contributed by atoms with Crippen LogP contribution in [0.25, 0.3) is 0 Å². The van der Waals surface area contributed by atoms with Gasteiger partial charge in [-0.15, -0.1) is 0 Å². The van der Waals surface area contributed by atoms with Gasteiger partial charge in [-0.3, -0.25) is 0 Å². The predicted molar refractivity (Wildman–Crippen MR) is 47.0 cm³/mol. The second-order valence-electron chi connectivity index (χ2n) is 3.04. The summed E-state index contributed by atoms with van der Waals surface area (Å²) in [4.78, 5) is 10.7. The number of aromatic hydroxyl groups is 2. The molecule has 0 saturated carbocycles. The summed E-state index contributed by atoms with van der Waals surface area (Å²) >= 11 is 0. The number of benzene rings is 1. The second kappa shape index (κ2) is 3.10. The lowest BCUT2D eigenvalue weighted by Gasteiger charge is -2.09. The third-order valence-electron chi connectivity index (χ3n) is 2.06. The lowest BCUT2D eigenvalue weighted by Crippen LogP contribution is -2.18. The lowest BCUT2D eigenvalue weighted by molar-refractivity contribution is 0.177. The number of hydrogen-bond acceptors (Lipinski definition) is 4. The van der Waals surface area contributed by atoms with Crippen molar-refractivity contribution in [2.24, 2.45) is 0 Å². The maximum Gasteiger partial charge on any atom is 0.407 e. The Hall–Kier alpha value is -1.91. The van der Waals surface area contributed by atoms with E-state index in [2.05, 4.69) is 10.1 Å². The van der Waals surface area contributed by atoms with Crippen LogP contribution in [0.3, 0.4) is 0 Å². The molecule has 1 aromatic rings. The molecular formula is C9H9NO4. The van der Waals surface area contributed by atoms with Crippen LogP contribution >= 0.6 is 0 Å². The van der Waals surface area contributed by atoms with E-state index in [0.29, 0.717) is 5.56 Å². The molecule has 1 saturated heterocycles. The number of alkyl carbamates (subject to hydrolysis) is 1. The van der Waals surface area contributed by atoms with Crippen molar-refractivity contribution in [1.82, 2.24) is 5.32 Å². The van der Waals surface area contributed by atoms with Crippen molar-refractivity contribution in [1.29, 1.82) is 0 Å². The number of phenols is 2. The minimum atomic E-state index is -0.516. The molecule has 74 valence electrons. The first-order valence-corrected chi connectivity index (χ1v) is 4.12. The summed E-state index contributed by atoms with van der Waals surface area (Å²) in [5.74, 6) is 0.0672. The van der Waals surface area contributed by atoms with Crippen LogP contribution in [0.2, 0.25) is 0 Å². The maximum absolute atomic E-state index is 10.7. The molecule has 1 unspecified atom stereocenters. The van der Waals surface area contributed by atoms with Crippen LogP contribution in [-0.2, 0) is 4.74 Å². The molecule has 0 radical (unpaired) electrons. The monoisotopic (exact) mass is 195 g/mol. The number of hydrogen-bond donors (Lipinski definition) is 3. The van der Waals surface area contributed by atoms with E-state index in [1.165, 1.54) is 18.2 Å². The molecule has 5 nitrogen and oxygen atoms in total. The van der Waals surface area contributed by atoms with Crippen LogP contribution in [0.4, 0.5) is 4.79 Å². The molecule has 3 N–H and O–H groups in total. The Morgan fingerprint density at radius 1 is 1.43 bits per heavy atom. The van der Waals surface area contributed by atoms with Crippen molar-refractivity contribution in [2.45, 2.75) is 6.04 Å². The summed E-state index contributed by atoms with van der Waals surface area (Å²) in [6.45, 7) is 0.163. The van der Waals surface area contributed by atoms with Crippen molar-refractivity contribution in [3.8, 4) is 11.5 Å². The second-order valence-corrected chi connectivity index (χ2v) is 3.04. The number of cyclic esters (lactones) is 1. The van der Waals surface area contributed by atoms with Gasteiger partial charge >= 0.3 is 6.09 Å². The van der Waals surface area contributed by atoms with Crippen molar-refractivity contribution in [3.63, 3.8) is 0 Å². The average molecular weight is 195 g/mol. The standard InChI is InChI=1S/C9H9NO4/c11-5-1-2-8(12)6(3-5)7-4-14-9(13)10-7/h1-3,7,11-12H,4H2,(H,10,13). The zero-order valence-electron chi connectivity index (χ0n) is 7.23. The van der Waals surface area contributed by atoms with Gasteiger partial charge in [0.15, 0.2) is 0 Å². The van der Waals surface area contributed by atoms with Crippen molar-refractivity contribution in [2.75, 3.05) is 6.61 Å². The fraction of sp³-hybridized carbons (Fsp3) is 0.222. The van der Waals surface area contributed by atoms with E-state index in [-0.39, 0.29) is 18.1 Å². The van der Waals surface area contributed by atoms with Gasteiger partial charge < -0.3 is 20.3 Å². The first-order chi connectivity index (χ1) is 6.66. The van der Waals surface area contributed by atoms with Crippen molar-refractivity contribution < 1.29 is 19.7 Å². The Labute approximate surface area is 79.9 Å². The predicted octanol–water partition coefficient (Wildman–Crippen LogP) is 0.879. The van der Waals surface area contributed by atoms with Gasteiger partial charge in [-0.05, 0) is 18.2 Å². The quantitative estimate of drug-likeness (QED) is 0.581. The van der Waals surface area contributed by atoms with Gasteiger partial charge in [-0.25, -0.2) is 4.79 Å². The summed E-state index contributed by atoms with van der Waals surface area (Å²) in [5.41, 5.74) is 0.454. The molecule has 1 aliphatic rings. The topological polar surface area (TPSA) is 78.8 Å². The molecule has 1 atom stereocenters. The number of nitrogens with one attached hydrogen (secondary N) is 1. The largest absolute Gasteiger partial charge is 0.508 e. The molecule has 14 heavy (non-hydrogen) atoms. The van der Waals surface area contributed by atoms with E-state index >= 15 is 0 Å². The SMILES string of the molecule is O=C1NC(c2cc(O)ccc2O)CO1. The van der Waals surface area contributed by atoms with E-state index < -0.39 is 12.1 Å². The van der Waals surface area contributed by atoms with Gasteiger partial charge in [0.1, 0.15) is 18.1 Å². The number of phenolic OH excluding ortho intramolecular Hbond substituents is 2. The minimum Gasteiger partial charge on any atom is -0.508 e. The molecule has 0 bridgehead atoms. The van der Waals surface area contributed by atoms with Crippen molar-refractivity contribution >= 4 is 6.09 Å². The van der Waals surface area contributed by atoms with E-state index in [1.807, 2.05) is 0 Å². The van der Waals surface area contributed by atoms with Crippen LogP contribution in [0.5, 0.6) is 11.5 Å². The summed E-state index contributed by atoms with van der Waals surface area (Å²) in [6.07, 6.45) is -0.516. The third kappa shape index (κ3) is 1.44. The third-order valence-corrected chi connectivity index (χ3v) is 2.06. The van der Waals surface area contributed by atoms with Gasteiger partial charge in [-0.2, -0.15) is 0 Å². The molecule has 0 spiro atoms. The minimum absolute atomic E-state index is 0.0265. The Balaban J connectivity index is 2.31. The summed E-state index contributed by atoms with van der Waals surface area (Å²) in [7, 11) is 0. The van der Waals surface area contributed by atoms with Crippen LogP contribution in [0, 0.1) is 0 Å². The molecule has 1 heterocycles. The van der Waals surface area contributed by atoms with Crippen LogP contribution in [0.1, 0.15) is 11.6 Å². The highest BCUT2D eigenvalue weighted by Crippen LogP contribution is 2.29. The van der Waals surface area contributed by atoms with Gasteiger partial charge in [0.25, 0.3) is 0 Å². The van der Waals surface area contributed by atoms with Crippen LogP contribution < -0.4 is 5.32 Å². The first-order valence-electron chi connectivity index (χ1n) is 4.12. The molecule has 0 aliphatic carbocycles. The number of amides is 1. The summed E-state index contributed by atoms with van der Waals surface area (Å²) in [5, 5.41) is 21.2. The van der Waals surface area contributed by atoms with E-state index in [9.17, 15) is 15.0 Å². The molecule has 1 aliphatic heterocycles. The van der Waals surface area contributed by atoms with Gasteiger partial charge in [-0.1, -0.05) is 0 Å². The van der Waals surface area contributed by atoms with Crippen LogP contribution in [-0.4, -0.2) is 22.9 Å². The summed E-state index contributed by atoms with van der Waals surface area (Å²) in [6, 6.07) is 3.75. The fourth-order valence-corrected chi connectivity index (χ4v) is 1.37. The number of ether oxygens (including phenoxy) is 1. The molecule has 1 amide bonds. The van der Waals surface area contributed by atoms with Gasteiger partial charge in [0.2, 0.25) is 0 Å².